The van der Waals surface area contributed by atoms with Crippen molar-refractivity contribution >= 4 is 19.3 Å². The minimum absolute atomic E-state index is 0.105. The van der Waals surface area contributed by atoms with Crippen molar-refractivity contribution in [1.29, 1.82) is 0 Å². The van der Waals surface area contributed by atoms with Gasteiger partial charge in [0.15, 0.2) is 12.0 Å². The molecule has 1 aromatic rings. The zero-order valence-corrected chi connectivity index (χ0v) is 15.8. The average Bonchev–Trinajstić information content (AvgIpc) is 3.01. The number of hydroxylamine groups is 1. The lowest BCUT2D eigenvalue weighted by Gasteiger charge is -2.40. The number of nitrogens with zero attached hydrogens (tertiary/aromatic N) is 3. The molecule has 0 bridgehead atoms. The van der Waals surface area contributed by atoms with Crippen LogP contribution in [0, 0.1) is 0 Å². The minimum atomic E-state index is -3.62. The molecule has 0 aliphatic carbocycles. The number of imidazole rings is 1. The van der Waals surface area contributed by atoms with Crippen LogP contribution < -0.4 is 21.0 Å². The summed E-state index contributed by atoms with van der Waals surface area (Å²) in [6.45, 7) is 5.73. The lowest BCUT2D eigenvalue weighted by molar-refractivity contribution is -0.104. The van der Waals surface area contributed by atoms with Crippen LogP contribution >= 0.6 is 7.60 Å². The van der Waals surface area contributed by atoms with Gasteiger partial charge in [0.25, 0.3) is 5.91 Å². The van der Waals surface area contributed by atoms with Crippen LogP contribution in [-0.4, -0.2) is 53.0 Å². The third-order valence-electron chi connectivity index (χ3n) is 3.26. The Bertz CT molecular complexity index is 674. The molecule has 0 fully saturated rings. The van der Waals surface area contributed by atoms with E-state index in [2.05, 4.69) is 10.3 Å². The summed E-state index contributed by atoms with van der Waals surface area (Å²) < 4.78 is 29.1. The first-order valence-electron chi connectivity index (χ1n) is 8.13. The number of carbonyl (C=O) groups is 1. The first-order chi connectivity index (χ1) is 12.3. The minimum Gasteiger partial charge on any atom is -0.411 e. The Morgan fingerprint density at radius 1 is 1.35 bits per heavy atom. The van der Waals surface area contributed by atoms with Gasteiger partial charge < -0.3 is 18.6 Å². The smallest absolute Gasteiger partial charge is 0.356 e. The van der Waals surface area contributed by atoms with E-state index in [1.54, 1.807) is 13.8 Å². The van der Waals surface area contributed by atoms with Crippen LogP contribution in [0.2, 0.25) is 0 Å². The third-order valence-corrected chi connectivity index (χ3v) is 5.01. The van der Waals surface area contributed by atoms with Crippen molar-refractivity contribution in [1.82, 2.24) is 15.0 Å². The Labute approximate surface area is 150 Å². The molecule has 1 aromatic heterocycles. The van der Waals surface area contributed by atoms with Crippen molar-refractivity contribution in [2.75, 3.05) is 31.2 Å². The molecule has 26 heavy (non-hydrogen) atoms. The molecule has 1 unspecified atom stereocenters. The van der Waals surface area contributed by atoms with Gasteiger partial charge in [-0.3, -0.25) is 25.6 Å². The lowest BCUT2D eigenvalue weighted by Crippen LogP contribution is -2.71. The van der Waals surface area contributed by atoms with Gasteiger partial charge in [-0.15, -0.1) is 0 Å². The number of anilines is 1. The highest BCUT2D eigenvalue weighted by Crippen LogP contribution is 2.48. The zero-order valence-electron chi connectivity index (χ0n) is 14.9. The molecule has 4 N–H and O–H groups in total. The zero-order chi connectivity index (χ0) is 19.4. The topological polar surface area (TPSA) is 150 Å². The van der Waals surface area contributed by atoms with E-state index in [0.717, 1.165) is 4.73 Å². The molecular formula is C13H24N5O7P. The van der Waals surface area contributed by atoms with Gasteiger partial charge in [0.1, 0.15) is 12.9 Å². The fraction of sp³-hybridized carbons (Fsp3) is 0.692. The number of rotatable bonds is 10. The summed E-state index contributed by atoms with van der Waals surface area (Å²) >= 11 is 0. The van der Waals surface area contributed by atoms with E-state index in [-0.39, 0.29) is 24.7 Å². The van der Waals surface area contributed by atoms with Gasteiger partial charge in [-0.2, -0.15) is 9.79 Å². The molecule has 0 saturated heterocycles. The summed E-state index contributed by atoms with van der Waals surface area (Å²) in [5.74, 6) is -3.04. The molecular weight excluding hydrogens is 369 g/mol. The predicted octanol–water partition coefficient (Wildman–Crippen LogP) is 0.471. The maximum atomic E-state index is 12.5. The Morgan fingerprint density at radius 3 is 2.58 bits per heavy atom. The number of hydrogen-bond acceptors (Lipinski definition) is 10. The maximum Gasteiger partial charge on any atom is 0.356 e. The SMILES string of the molecule is CCCOn1cnc2c1N(O)C(N)(OCP(=O)(OCC)OCC)NC2=O. The van der Waals surface area contributed by atoms with Crippen molar-refractivity contribution in [3.8, 4) is 0 Å². The van der Waals surface area contributed by atoms with Gasteiger partial charge in [0, 0.05) is 0 Å². The molecule has 0 spiro atoms. The Morgan fingerprint density at radius 2 is 2.00 bits per heavy atom. The predicted molar refractivity (Wildman–Crippen MR) is 89.4 cm³/mol. The number of hydrogen-bond donors (Lipinski definition) is 3. The standard InChI is InChI=1S/C13H24N5O7P/c1-4-7-23-17-8-15-10-11(19)16-13(14,18(20)12(10)17)22-9-26(21,24-5-2)25-6-3/h8,20H,4-7,9,14H2,1-3H3,(H,16,19). The third kappa shape index (κ3) is 4.17. The second kappa shape index (κ2) is 8.33. The Balaban J connectivity index is 2.23. The second-order valence-electron chi connectivity index (χ2n) is 5.26. The highest BCUT2D eigenvalue weighted by Gasteiger charge is 2.47. The molecule has 1 amide bonds. The highest BCUT2D eigenvalue weighted by atomic mass is 31.2. The molecule has 1 aliphatic heterocycles. The molecule has 148 valence electrons. The quantitative estimate of drug-likeness (QED) is 0.378. The van der Waals surface area contributed by atoms with Crippen molar-refractivity contribution in [2.24, 2.45) is 5.73 Å². The van der Waals surface area contributed by atoms with E-state index in [9.17, 15) is 14.6 Å². The summed E-state index contributed by atoms with van der Waals surface area (Å²) in [5, 5.41) is 13.2. The van der Waals surface area contributed by atoms with E-state index in [0.29, 0.717) is 18.1 Å². The molecule has 13 heteroatoms. The van der Waals surface area contributed by atoms with Crippen LogP contribution in [0.3, 0.4) is 0 Å². The summed E-state index contributed by atoms with van der Waals surface area (Å²) in [5.41, 5.74) is 5.85. The maximum absolute atomic E-state index is 12.5. The van der Waals surface area contributed by atoms with E-state index < -0.39 is 25.8 Å². The van der Waals surface area contributed by atoms with Gasteiger partial charge in [0.2, 0.25) is 5.82 Å². The van der Waals surface area contributed by atoms with Crippen molar-refractivity contribution in [2.45, 2.75) is 33.2 Å². The number of amides is 1. The fourth-order valence-corrected chi connectivity index (χ4v) is 3.54. The van der Waals surface area contributed by atoms with Gasteiger partial charge >= 0.3 is 13.6 Å². The number of carbonyl (C=O) groups excluding carboxylic acids is 1. The van der Waals surface area contributed by atoms with Crippen LogP contribution in [0.25, 0.3) is 0 Å². The highest BCUT2D eigenvalue weighted by molar-refractivity contribution is 7.53. The van der Waals surface area contributed by atoms with Crippen molar-refractivity contribution < 1.29 is 33.2 Å². The molecule has 1 aliphatic rings. The van der Waals surface area contributed by atoms with Crippen LogP contribution in [0.15, 0.2) is 6.33 Å². The molecule has 1 atom stereocenters. The summed E-state index contributed by atoms with van der Waals surface area (Å²) in [6, 6.07) is 0. The first kappa shape index (κ1) is 20.6. The Hall–Kier alpha value is -1.69. The number of nitrogens with two attached hydrogens (primary N) is 1. The normalized spacial score (nSPS) is 20.0. The Kier molecular flexibility index (Phi) is 6.61. The lowest BCUT2D eigenvalue weighted by atomic mass is 10.3. The van der Waals surface area contributed by atoms with Crippen LogP contribution in [0.5, 0.6) is 0 Å². The van der Waals surface area contributed by atoms with Gasteiger partial charge in [0.05, 0.1) is 13.2 Å². The molecule has 0 aromatic carbocycles. The van der Waals surface area contributed by atoms with E-state index >= 15 is 0 Å². The van der Waals surface area contributed by atoms with Gasteiger partial charge in [-0.05, 0) is 20.3 Å². The van der Waals surface area contributed by atoms with Crippen LogP contribution in [0.1, 0.15) is 37.7 Å². The van der Waals surface area contributed by atoms with E-state index in [1.807, 2.05) is 6.92 Å². The summed E-state index contributed by atoms with van der Waals surface area (Å²) in [4.78, 5) is 21.5. The first-order valence-corrected chi connectivity index (χ1v) is 9.86. The van der Waals surface area contributed by atoms with Gasteiger partial charge in [-0.25, -0.2) is 4.98 Å². The molecule has 12 nitrogen and oxygen atoms in total. The number of nitrogens with one attached hydrogen (secondary N) is 1. The molecule has 0 saturated carbocycles. The molecule has 0 radical (unpaired) electrons. The van der Waals surface area contributed by atoms with E-state index in [4.69, 9.17) is 24.4 Å². The van der Waals surface area contributed by atoms with Crippen LogP contribution in [-0.2, 0) is 18.3 Å². The van der Waals surface area contributed by atoms with Crippen molar-refractivity contribution in [3.05, 3.63) is 12.0 Å². The van der Waals surface area contributed by atoms with E-state index in [1.165, 1.54) is 6.33 Å². The molecule has 2 heterocycles. The number of aromatic nitrogens is 2. The fourth-order valence-electron chi connectivity index (χ4n) is 2.18. The van der Waals surface area contributed by atoms with Gasteiger partial charge in [-0.1, -0.05) is 6.92 Å². The second-order valence-corrected chi connectivity index (χ2v) is 7.25. The average molecular weight is 393 g/mol. The number of ether oxygens (including phenoxy) is 1. The summed E-state index contributed by atoms with van der Waals surface area (Å²) in [7, 11) is -3.62. The number of fused-ring (bicyclic) bond motifs is 1. The monoisotopic (exact) mass is 393 g/mol. The van der Waals surface area contributed by atoms with Crippen LogP contribution in [0.4, 0.5) is 5.82 Å². The largest absolute Gasteiger partial charge is 0.411 e. The summed E-state index contributed by atoms with van der Waals surface area (Å²) in [6.07, 6.45) is 1.32. The molecule has 2 rings (SSSR count). The van der Waals surface area contributed by atoms with Crippen molar-refractivity contribution in [3.63, 3.8) is 0 Å².